The second-order valence-corrected chi connectivity index (χ2v) is 10.7. The minimum atomic E-state index is -4.94. The SMILES string of the molecule is CC(C)(C)OC(=O)N(c1cscn1)S(=O)(=O)c1cc(F)c(NC2CCN(C(=O)O)C2)cc1F. The van der Waals surface area contributed by atoms with E-state index in [1.54, 1.807) is 0 Å². The predicted molar refractivity (Wildman–Crippen MR) is 116 cm³/mol. The van der Waals surface area contributed by atoms with E-state index in [9.17, 15) is 26.8 Å². The van der Waals surface area contributed by atoms with Crippen molar-refractivity contribution < 1.29 is 36.6 Å². The number of nitrogens with zero attached hydrogens (tertiary/aromatic N) is 3. The monoisotopic (exact) mass is 504 g/mol. The first-order valence-corrected chi connectivity index (χ1v) is 12.1. The Labute approximate surface area is 192 Å². The number of rotatable bonds is 5. The van der Waals surface area contributed by atoms with E-state index >= 15 is 0 Å². The van der Waals surface area contributed by atoms with Crippen LogP contribution in [0.25, 0.3) is 0 Å². The Kier molecular flexibility index (Phi) is 6.79. The number of carboxylic acid groups (broad SMARTS) is 1. The number of benzene rings is 1. The molecule has 0 saturated carbocycles. The fraction of sp³-hybridized carbons (Fsp3) is 0.421. The van der Waals surface area contributed by atoms with Crippen LogP contribution in [0.15, 0.2) is 27.9 Å². The molecule has 2 heterocycles. The average molecular weight is 505 g/mol. The van der Waals surface area contributed by atoms with Gasteiger partial charge < -0.3 is 20.1 Å². The van der Waals surface area contributed by atoms with E-state index < -0.39 is 50.4 Å². The summed E-state index contributed by atoms with van der Waals surface area (Å²) in [6, 6.07) is 0.631. The van der Waals surface area contributed by atoms with Gasteiger partial charge in [-0.2, -0.15) is 0 Å². The number of sulfonamides is 1. The molecular weight excluding hydrogens is 482 g/mol. The lowest BCUT2D eigenvalue weighted by atomic mass is 10.2. The van der Waals surface area contributed by atoms with Gasteiger partial charge in [0.1, 0.15) is 22.1 Å². The third kappa shape index (κ3) is 5.50. The average Bonchev–Trinajstić information content (AvgIpc) is 3.35. The van der Waals surface area contributed by atoms with Crippen molar-refractivity contribution in [3.8, 4) is 0 Å². The summed E-state index contributed by atoms with van der Waals surface area (Å²) in [5, 5.41) is 13.0. The van der Waals surface area contributed by atoms with Gasteiger partial charge in [-0.25, -0.2) is 31.8 Å². The Morgan fingerprint density at radius 1 is 1.30 bits per heavy atom. The van der Waals surface area contributed by atoms with E-state index in [1.807, 2.05) is 0 Å². The van der Waals surface area contributed by atoms with Crippen LogP contribution in [0.4, 0.5) is 29.9 Å². The van der Waals surface area contributed by atoms with Crippen molar-refractivity contribution in [1.29, 1.82) is 0 Å². The number of hydrogen-bond donors (Lipinski definition) is 2. The number of anilines is 2. The van der Waals surface area contributed by atoms with Gasteiger partial charge in [0, 0.05) is 30.6 Å². The van der Waals surface area contributed by atoms with Gasteiger partial charge in [0.25, 0.3) is 10.0 Å². The molecule has 1 saturated heterocycles. The van der Waals surface area contributed by atoms with Crippen LogP contribution in [0.5, 0.6) is 0 Å². The summed E-state index contributed by atoms with van der Waals surface area (Å²) in [6.07, 6.45) is -2.09. The van der Waals surface area contributed by atoms with Crippen molar-refractivity contribution >= 4 is 45.1 Å². The van der Waals surface area contributed by atoms with E-state index in [4.69, 9.17) is 9.84 Å². The first-order chi connectivity index (χ1) is 15.3. The highest BCUT2D eigenvalue weighted by Crippen LogP contribution is 2.31. The lowest BCUT2D eigenvalue weighted by molar-refractivity contribution is 0.0608. The predicted octanol–water partition coefficient (Wildman–Crippen LogP) is 3.72. The molecule has 1 fully saturated rings. The largest absolute Gasteiger partial charge is 0.465 e. The van der Waals surface area contributed by atoms with Gasteiger partial charge in [-0.15, -0.1) is 15.6 Å². The first kappa shape index (κ1) is 24.6. The van der Waals surface area contributed by atoms with Crippen LogP contribution < -0.4 is 9.62 Å². The summed E-state index contributed by atoms with van der Waals surface area (Å²) >= 11 is 0.996. The molecule has 33 heavy (non-hydrogen) atoms. The van der Waals surface area contributed by atoms with Gasteiger partial charge in [0.05, 0.1) is 11.2 Å². The van der Waals surface area contributed by atoms with Crippen molar-refractivity contribution in [3.63, 3.8) is 0 Å². The van der Waals surface area contributed by atoms with E-state index in [2.05, 4.69) is 10.3 Å². The molecule has 3 rings (SSSR count). The number of nitrogens with one attached hydrogen (secondary N) is 1. The van der Waals surface area contributed by atoms with E-state index in [0.717, 1.165) is 16.2 Å². The summed E-state index contributed by atoms with van der Waals surface area (Å²) < 4.78 is 61.4. The molecular formula is C19H22F2N4O6S2. The lowest BCUT2D eigenvalue weighted by Gasteiger charge is -2.26. The van der Waals surface area contributed by atoms with Crippen LogP contribution >= 0.6 is 11.3 Å². The van der Waals surface area contributed by atoms with Crippen molar-refractivity contribution in [2.75, 3.05) is 22.7 Å². The minimum absolute atomic E-state index is 0.0622. The molecule has 1 unspecified atom stereocenters. The second-order valence-electron chi connectivity index (χ2n) is 8.22. The maximum absolute atomic E-state index is 14.9. The normalized spacial score (nSPS) is 16.5. The second kappa shape index (κ2) is 9.09. The third-order valence-electron chi connectivity index (χ3n) is 4.54. The van der Waals surface area contributed by atoms with Gasteiger partial charge in [0.15, 0.2) is 5.82 Å². The molecule has 2 amide bonds. The highest BCUT2D eigenvalue weighted by Gasteiger charge is 2.38. The van der Waals surface area contributed by atoms with Crippen LogP contribution in [0.2, 0.25) is 0 Å². The molecule has 2 aromatic rings. The van der Waals surface area contributed by atoms with Crippen molar-refractivity contribution in [2.45, 2.75) is 43.7 Å². The van der Waals surface area contributed by atoms with Gasteiger partial charge in [-0.05, 0) is 33.3 Å². The molecule has 1 aliphatic heterocycles. The molecule has 1 aromatic heterocycles. The summed E-state index contributed by atoms with van der Waals surface area (Å²) in [7, 11) is -4.94. The zero-order valence-corrected chi connectivity index (χ0v) is 19.5. The first-order valence-electron chi connectivity index (χ1n) is 9.69. The van der Waals surface area contributed by atoms with E-state index in [0.29, 0.717) is 18.6 Å². The maximum atomic E-state index is 14.9. The number of likely N-dealkylation sites (tertiary alicyclic amines) is 1. The number of aromatic nitrogens is 1. The number of hydrogen-bond acceptors (Lipinski definition) is 8. The quantitative estimate of drug-likeness (QED) is 0.630. The van der Waals surface area contributed by atoms with Crippen LogP contribution in [0.3, 0.4) is 0 Å². The van der Waals surface area contributed by atoms with Gasteiger partial charge in [0.2, 0.25) is 0 Å². The Hall–Kier alpha value is -3.00. The molecule has 1 aliphatic rings. The van der Waals surface area contributed by atoms with E-state index in [1.165, 1.54) is 31.7 Å². The number of thiazole rings is 1. The molecule has 1 aromatic carbocycles. The summed E-state index contributed by atoms with van der Waals surface area (Å²) in [5.74, 6) is -2.72. The number of halogens is 2. The number of amides is 2. The lowest BCUT2D eigenvalue weighted by Crippen LogP contribution is -2.41. The van der Waals surface area contributed by atoms with Crippen LogP contribution in [-0.4, -0.2) is 60.3 Å². The Balaban J connectivity index is 1.94. The minimum Gasteiger partial charge on any atom is -0.465 e. The molecule has 14 heteroatoms. The van der Waals surface area contributed by atoms with Crippen molar-refractivity contribution in [3.05, 3.63) is 34.7 Å². The maximum Gasteiger partial charge on any atom is 0.430 e. The standard InChI is InChI=1S/C19H22F2N4O6S2/c1-19(2,3)31-18(28)25(16-9-32-10-22-16)33(29,30)15-7-12(20)14(6-13(15)21)23-11-4-5-24(8-11)17(26)27/h6-7,9-11,23H,4-5,8H2,1-3H3,(H,26,27). The molecule has 0 radical (unpaired) electrons. The van der Waals surface area contributed by atoms with Crippen LogP contribution in [0.1, 0.15) is 27.2 Å². The molecule has 180 valence electrons. The third-order valence-corrected chi connectivity index (χ3v) is 6.80. The Morgan fingerprint density at radius 3 is 2.55 bits per heavy atom. The summed E-state index contributed by atoms with van der Waals surface area (Å²) in [6.45, 7) is 4.85. The zero-order valence-electron chi connectivity index (χ0n) is 17.9. The Morgan fingerprint density at radius 2 is 2.00 bits per heavy atom. The fourth-order valence-corrected chi connectivity index (χ4v) is 5.05. The highest BCUT2D eigenvalue weighted by molar-refractivity contribution is 7.93. The van der Waals surface area contributed by atoms with Gasteiger partial charge >= 0.3 is 12.2 Å². The topological polar surface area (TPSA) is 129 Å². The smallest absolute Gasteiger partial charge is 0.430 e. The van der Waals surface area contributed by atoms with Gasteiger partial charge in [-0.3, -0.25) is 0 Å². The summed E-state index contributed by atoms with van der Waals surface area (Å²) in [5.41, 5.74) is -0.126. The molecule has 10 nitrogen and oxygen atoms in total. The molecule has 0 spiro atoms. The molecule has 2 N–H and O–H groups in total. The number of carbonyl (C=O) groups excluding carboxylic acids is 1. The van der Waals surface area contributed by atoms with E-state index in [-0.39, 0.29) is 28.9 Å². The number of carbonyl (C=O) groups is 2. The fourth-order valence-electron chi connectivity index (χ4n) is 3.13. The van der Waals surface area contributed by atoms with Crippen LogP contribution in [-0.2, 0) is 14.8 Å². The van der Waals surface area contributed by atoms with Crippen molar-refractivity contribution in [2.24, 2.45) is 0 Å². The number of ether oxygens (including phenoxy) is 1. The Bertz CT molecular complexity index is 1150. The highest BCUT2D eigenvalue weighted by atomic mass is 32.2. The van der Waals surface area contributed by atoms with Crippen molar-refractivity contribution in [1.82, 2.24) is 9.88 Å². The summed E-state index contributed by atoms with van der Waals surface area (Å²) in [4.78, 5) is 27.5. The van der Waals surface area contributed by atoms with Gasteiger partial charge in [-0.1, -0.05) is 0 Å². The molecule has 0 aliphatic carbocycles. The molecule has 0 bridgehead atoms. The zero-order chi connectivity index (χ0) is 24.6. The molecule has 1 atom stereocenters. The van der Waals surface area contributed by atoms with Crippen LogP contribution in [0, 0.1) is 11.6 Å².